The topological polar surface area (TPSA) is 54.3 Å². The van der Waals surface area contributed by atoms with E-state index in [0.29, 0.717) is 16.7 Å². The fourth-order valence-corrected chi connectivity index (χ4v) is 3.32. The zero-order valence-corrected chi connectivity index (χ0v) is 15.4. The number of benzene rings is 2. The van der Waals surface area contributed by atoms with Gasteiger partial charge in [0, 0.05) is 40.7 Å². The van der Waals surface area contributed by atoms with Crippen molar-refractivity contribution in [2.45, 2.75) is 13.2 Å². The number of aliphatic hydroxyl groups is 1. The van der Waals surface area contributed by atoms with Crippen molar-refractivity contribution >= 4 is 29.6 Å². The molecule has 0 radical (unpaired) electrons. The van der Waals surface area contributed by atoms with Crippen LogP contribution in [0, 0.1) is 5.92 Å². The largest absolute Gasteiger partial charge is 0.392 e. The second kappa shape index (κ2) is 8.54. The molecule has 1 aromatic heterocycles. The number of amides is 1. The highest BCUT2D eigenvalue weighted by molar-refractivity contribution is 7.78. The number of nitrogens with one attached hydrogen (secondary N) is 1. The van der Waals surface area contributed by atoms with Gasteiger partial charge < -0.3 is 9.67 Å². The molecule has 2 aromatic carbocycles. The first-order valence-electron chi connectivity index (χ1n) is 8.51. The van der Waals surface area contributed by atoms with Gasteiger partial charge in [0.25, 0.3) is 5.91 Å². The lowest BCUT2D eigenvalue weighted by atomic mass is 9.98. The molecule has 4 nitrogen and oxygen atoms in total. The minimum atomic E-state index is -0.760. The number of nitrogens with zero attached hydrogens (tertiary/aromatic N) is 1. The molecule has 0 aliphatic rings. The van der Waals surface area contributed by atoms with Gasteiger partial charge >= 0.3 is 0 Å². The Hall–Kier alpha value is -2.38. The number of thiol groups is 1. The number of rotatable bonds is 7. The van der Waals surface area contributed by atoms with Crippen LogP contribution in [0.3, 0.4) is 0 Å². The van der Waals surface area contributed by atoms with E-state index in [2.05, 4.69) is 17.5 Å². The van der Waals surface area contributed by atoms with E-state index >= 15 is 0 Å². The van der Waals surface area contributed by atoms with Gasteiger partial charge in [0.15, 0.2) is 0 Å². The van der Waals surface area contributed by atoms with Crippen LogP contribution in [0.15, 0.2) is 48.7 Å². The lowest BCUT2D eigenvalue weighted by Crippen LogP contribution is -2.14. The molecule has 0 unspecified atom stereocenters. The van der Waals surface area contributed by atoms with Gasteiger partial charge in [-0.15, -0.1) is 0 Å². The van der Waals surface area contributed by atoms with Gasteiger partial charge in [0.05, 0.1) is 20.0 Å². The predicted octanol–water partition coefficient (Wildman–Crippen LogP) is 3.93. The van der Waals surface area contributed by atoms with Gasteiger partial charge in [-0.3, -0.25) is 18.3 Å². The van der Waals surface area contributed by atoms with Crippen LogP contribution in [0.25, 0.3) is 22.0 Å². The van der Waals surface area contributed by atoms with Crippen LogP contribution in [0.2, 0.25) is 0 Å². The summed E-state index contributed by atoms with van der Waals surface area (Å²) in [6.45, 7) is -1.49. The van der Waals surface area contributed by atoms with Crippen molar-refractivity contribution in [3.05, 3.63) is 59.8 Å². The third-order valence-electron chi connectivity index (χ3n) is 4.58. The Morgan fingerprint density at radius 3 is 2.56 bits per heavy atom. The molecule has 3 rings (SSSR count). The monoisotopic (exact) mass is 390 g/mol. The van der Waals surface area contributed by atoms with Crippen molar-refractivity contribution in [2.24, 2.45) is 5.92 Å². The number of alkyl halides is 2. The molecule has 0 fully saturated rings. The minimum Gasteiger partial charge on any atom is -0.392 e. The molecule has 0 aliphatic heterocycles. The summed E-state index contributed by atoms with van der Waals surface area (Å²) in [6.07, 6.45) is 1.80. The third-order valence-corrected chi connectivity index (χ3v) is 4.79. The van der Waals surface area contributed by atoms with E-state index < -0.39 is 19.3 Å². The molecular weight excluding hydrogens is 370 g/mol. The second-order valence-electron chi connectivity index (χ2n) is 6.37. The first-order chi connectivity index (χ1) is 13.1. The van der Waals surface area contributed by atoms with Crippen molar-refractivity contribution < 1.29 is 18.7 Å². The first-order valence-corrected chi connectivity index (χ1v) is 8.96. The van der Waals surface area contributed by atoms with Crippen LogP contribution >= 0.6 is 12.8 Å². The van der Waals surface area contributed by atoms with Crippen molar-refractivity contribution in [3.63, 3.8) is 0 Å². The number of hydrogen-bond donors (Lipinski definition) is 3. The number of carbonyl (C=O) groups excluding carboxylic acids is 1. The van der Waals surface area contributed by atoms with Crippen LogP contribution < -0.4 is 4.72 Å². The molecule has 0 aliphatic carbocycles. The van der Waals surface area contributed by atoms with E-state index in [1.807, 2.05) is 18.2 Å². The summed E-state index contributed by atoms with van der Waals surface area (Å²) in [7, 11) is 0. The van der Waals surface area contributed by atoms with Crippen LogP contribution in [0.1, 0.15) is 15.9 Å². The molecule has 0 saturated carbocycles. The molecule has 2 N–H and O–H groups in total. The van der Waals surface area contributed by atoms with Crippen LogP contribution in [0.4, 0.5) is 8.78 Å². The molecule has 142 valence electrons. The zero-order chi connectivity index (χ0) is 19.4. The van der Waals surface area contributed by atoms with Crippen molar-refractivity contribution in [2.75, 3.05) is 13.3 Å². The summed E-state index contributed by atoms with van der Waals surface area (Å²) >= 11 is 3.85. The molecule has 0 saturated heterocycles. The van der Waals surface area contributed by atoms with E-state index in [4.69, 9.17) is 0 Å². The third kappa shape index (κ3) is 3.84. The molecule has 0 atom stereocenters. The summed E-state index contributed by atoms with van der Waals surface area (Å²) in [6, 6.07) is 12.5. The van der Waals surface area contributed by atoms with Crippen LogP contribution in [-0.2, 0) is 13.2 Å². The highest BCUT2D eigenvalue weighted by atomic mass is 32.1. The summed E-state index contributed by atoms with van der Waals surface area (Å²) in [4.78, 5) is 12.2. The van der Waals surface area contributed by atoms with Gasteiger partial charge in [0.2, 0.25) is 0 Å². The van der Waals surface area contributed by atoms with Crippen LogP contribution in [-0.4, -0.2) is 28.9 Å². The van der Waals surface area contributed by atoms with Crippen molar-refractivity contribution in [3.8, 4) is 11.1 Å². The molecule has 3 aromatic rings. The highest BCUT2D eigenvalue weighted by Gasteiger charge is 2.18. The Morgan fingerprint density at radius 2 is 1.89 bits per heavy atom. The number of carbonyl (C=O) groups is 1. The Bertz CT molecular complexity index is 954. The van der Waals surface area contributed by atoms with Gasteiger partial charge in [0.1, 0.15) is 0 Å². The molecule has 1 heterocycles. The normalized spacial score (nSPS) is 11.3. The summed E-state index contributed by atoms with van der Waals surface area (Å²) in [5.74, 6) is -1.09. The number of halogens is 2. The zero-order valence-electron chi connectivity index (χ0n) is 14.5. The highest BCUT2D eigenvalue weighted by Crippen LogP contribution is 2.34. The maximum absolute atomic E-state index is 13.1. The number of fused-ring (bicyclic) bond motifs is 1. The molecule has 7 heteroatoms. The van der Waals surface area contributed by atoms with Gasteiger partial charge in [-0.25, -0.2) is 0 Å². The quantitative estimate of drug-likeness (QED) is 0.536. The summed E-state index contributed by atoms with van der Waals surface area (Å²) < 4.78 is 30.3. The smallest absolute Gasteiger partial charge is 0.261 e. The average molecular weight is 390 g/mol. The number of hydrogen-bond acceptors (Lipinski definition) is 3. The number of aromatic nitrogens is 1. The first kappa shape index (κ1) is 19.4. The van der Waals surface area contributed by atoms with Crippen molar-refractivity contribution in [1.29, 1.82) is 0 Å². The number of aliphatic hydroxyl groups excluding tert-OH is 1. The standard InChI is InChI=1S/C20H20F2N2O2S/c21-8-14(9-22)10-24-11-18(16-6-5-13(12-25)7-19(16)24)15-3-1-2-4-17(15)20(26)23-27/h1-7,11,14,25,27H,8-10,12H2,(H,23,26). The Labute approximate surface area is 161 Å². The summed E-state index contributed by atoms with van der Waals surface area (Å²) in [5, 5.41) is 10.3. The molecule has 1 amide bonds. The maximum Gasteiger partial charge on any atom is 0.261 e. The predicted molar refractivity (Wildman–Crippen MR) is 105 cm³/mol. The second-order valence-corrected chi connectivity index (χ2v) is 6.59. The molecule has 27 heavy (non-hydrogen) atoms. The van der Waals surface area contributed by atoms with Crippen molar-refractivity contribution in [1.82, 2.24) is 9.29 Å². The SMILES string of the molecule is O=C(NS)c1ccccc1-c1cn(CC(CF)CF)c2cc(CO)ccc12. The lowest BCUT2D eigenvalue weighted by molar-refractivity contribution is 0.0985. The fourth-order valence-electron chi connectivity index (χ4n) is 3.19. The van der Waals surface area contributed by atoms with Gasteiger partial charge in [-0.1, -0.05) is 43.1 Å². The molecule has 0 spiro atoms. The Balaban J connectivity index is 2.21. The van der Waals surface area contributed by atoms with E-state index in [9.17, 15) is 18.7 Å². The fraction of sp³-hybridized carbons (Fsp3) is 0.250. The van der Waals surface area contributed by atoms with E-state index in [-0.39, 0.29) is 19.1 Å². The van der Waals surface area contributed by atoms with Gasteiger partial charge in [-0.05, 0) is 23.3 Å². The van der Waals surface area contributed by atoms with E-state index in [1.54, 1.807) is 35.0 Å². The van der Waals surface area contributed by atoms with E-state index in [1.165, 1.54) is 0 Å². The van der Waals surface area contributed by atoms with Gasteiger partial charge in [-0.2, -0.15) is 0 Å². The lowest BCUT2D eigenvalue weighted by Gasteiger charge is -2.11. The Kier molecular flexibility index (Phi) is 6.13. The average Bonchev–Trinajstić information content (AvgIpc) is 3.08. The maximum atomic E-state index is 13.1. The Morgan fingerprint density at radius 1 is 1.15 bits per heavy atom. The van der Waals surface area contributed by atoms with E-state index in [0.717, 1.165) is 16.5 Å². The minimum absolute atomic E-state index is 0.134. The van der Waals surface area contributed by atoms with Crippen LogP contribution in [0.5, 0.6) is 0 Å². The molecule has 0 bridgehead atoms. The summed E-state index contributed by atoms with van der Waals surface area (Å²) in [5.41, 5.74) is 3.38. The molecular formula is C20H20F2N2O2S.